The maximum Gasteiger partial charge on any atom is 0.350 e. The molecular weight excluding hydrogens is 372 g/mol. The predicted molar refractivity (Wildman–Crippen MR) is 98.4 cm³/mol. The van der Waals surface area contributed by atoms with Crippen LogP contribution in [0.15, 0.2) is 53.5 Å². The van der Waals surface area contributed by atoms with Gasteiger partial charge in [-0.1, -0.05) is 35.9 Å². The van der Waals surface area contributed by atoms with Crippen molar-refractivity contribution in [2.75, 3.05) is 7.11 Å². The van der Waals surface area contributed by atoms with Gasteiger partial charge >= 0.3 is 11.7 Å². The fourth-order valence-electron chi connectivity index (χ4n) is 2.69. The van der Waals surface area contributed by atoms with Crippen LogP contribution in [0.5, 0.6) is 0 Å². The summed E-state index contributed by atoms with van der Waals surface area (Å²) in [5.41, 5.74) is 0.593. The number of aromatic nitrogens is 3. The highest BCUT2D eigenvalue weighted by Gasteiger charge is 2.22. The van der Waals surface area contributed by atoms with E-state index in [-0.39, 0.29) is 13.0 Å². The Morgan fingerprint density at radius 3 is 2.67 bits per heavy atom. The molecule has 2 heterocycles. The Hall–Kier alpha value is -3.13. The lowest BCUT2D eigenvalue weighted by atomic mass is 10.0. The van der Waals surface area contributed by atoms with E-state index in [0.717, 1.165) is 4.68 Å². The molecule has 27 heavy (non-hydrogen) atoms. The first-order valence-electron chi connectivity index (χ1n) is 8.14. The van der Waals surface area contributed by atoms with Gasteiger partial charge in [-0.3, -0.25) is 14.0 Å². The van der Waals surface area contributed by atoms with Crippen molar-refractivity contribution in [3.05, 3.63) is 69.7 Å². The summed E-state index contributed by atoms with van der Waals surface area (Å²) in [6.45, 7) is -0.289. The lowest BCUT2D eigenvalue weighted by Gasteiger charge is -2.19. The average molecular weight is 389 g/mol. The SMILES string of the molecule is COC(=O)CC(NC(=O)Cn1nc2ccccn2c1=O)c1ccccc1Cl. The quantitative estimate of drug-likeness (QED) is 0.647. The Morgan fingerprint density at radius 2 is 1.96 bits per heavy atom. The molecule has 3 rings (SSSR count). The van der Waals surface area contributed by atoms with Crippen molar-refractivity contribution in [2.24, 2.45) is 0 Å². The summed E-state index contributed by atoms with van der Waals surface area (Å²) in [5.74, 6) is -0.973. The van der Waals surface area contributed by atoms with Crippen LogP contribution in [0.3, 0.4) is 0 Å². The van der Waals surface area contributed by atoms with Gasteiger partial charge in [-0.05, 0) is 23.8 Å². The number of rotatable bonds is 6. The molecule has 0 fully saturated rings. The summed E-state index contributed by atoms with van der Waals surface area (Å²) in [6.07, 6.45) is 1.48. The van der Waals surface area contributed by atoms with Crippen molar-refractivity contribution in [3.8, 4) is 0 Å². The number of nitrogens with one attached hydrogen (secondary N) is 1. The van der Waals surface area contributed by atoms with Crippen molar-refractivity contribution in [1.29, 1.82) is 0 Å². The molecule has 1 amide bonds. The Kier molecular flexibility index (Phi) is 5.56. The predicted octanol–water partition coefficient (Wildman–Crippen LogP) is 1.57. The topological polar surface area (TPSA) is 94.7 Å². The van der Waals surface area contributed by atoms with Crippen molar-refractivity contribution < 1.29 is 14.3 Å². The van der Waals surface area contributed by atoms with Crippen LogP contribution in [0, 0.1) is 0 Å². The van der Waals surface area contributed by atoms with E-state index in [1.165, 1.54) is 11.5 Å². The number of carbonyl (C=O) groups is 2. The van der Waals surface area contributed by atoms with Crippen LogP contribution < -0.4 is 11.0 Å². The van der Waals surface area contributed by atoms with Gasteiger partial charge in [0.2, 0.25) is 5.91 Å². The number of halogens is 1. The van der Waals surface area contributed by atoms with Crippen LogP contribution in [-0.4, -0.2) is 33.2 Å². The van der Waals surface area contributed by atoms with Crippen molar-refractivity contribution in [2.45, 2.75) is 19.0 Å². The molecular formula is C18H17ClN4O4. The van der Waals surface area contributed by atoms with Gasteiger partial charge in [0.25, 0.3) is 0 Å². The number of fused-ring (bicyclic) bond motifs is 1. The summed E-state index contributed by atoms with van der Waals surface area (Å²) in [7, 11) is 1.27. The van der Waals surface area contributed by atoms with Crippen LogP contribution >= 0.6 is 11.6 Å². The summed E-state index contributed by atoms with van der Waals surface area (Å²) in [4.78, 5) is 36.5. The zero-order valence-corrected chi connectivity index (χ0v) is 15.2. The summed E-state index contributed by atoms with van der Waals surface area (Å²) >= 11 is 6.19. The molecule has 0 saturated heterocycles. The maximum absolute atomic E-state index is 12.5. The van der Waals surface area contributed by atoms with Gasteiger partial charge in [-0.25, -0.2) is 9.48 Å². The molecule has 0 saturated carbocycles. The molecule has 2 aromatic heterocycles. The average Bonchev–Trinajstić information content (AvgIpc) is 2.97. The smallest absolute Gasteiger partial charge is 0.350 e. The highest BCUT2D eigenvalue weighted by atomic mass is 35.5. The van der Waals surface area contributed by atoms with Crippen molar-refractivity contribution in [1.82, 2.24) is 19.5 Å². The Balaban J connectivity index is 1.81. The minimum Gasteiger partial charge on any atom is -0.469 e. The molecule has 3 aromatic rings. The maximum atomic E-state index is 12.5. The lowest BCUT2D eigenvalue weighted by molar-refractivity contribution is -0.141. The number of methoxy groups -OCH3 is 1. The lowest BCUT2D eigenvalue weighted by Crippen LogP contribution is -2.36. The normalized spacial score (nSPS) is 11.9. The second-order valence-corrected chi connectivity index (χ2v) is 6.20. The first-order valence-corrected chi connectivity index (χ1v) is 8.52. The standard InChI is InChI=1S/C18H17ClN4O4/c1-27-17(25)10-14(12-6-2-3-7-13(12)19)20-16(24)11-23-18(26)22-9-5-4-8-15(22)21-23/h2-9,14H,10-11H2,1H3,(H,20,24). The highest BCUT2D eigenvalue weighted by Crippen LogP contribution is 2.25. The number of carbonyl (C=O) groups excluding carboxylic acids is 2. The molecule has 8 nitrogen and oxygen atoms in total. The number of esters is 1. The van der Waals surface area contributed by atoms with E-state index >= 15 is 0 Å². The number of hydrogen-bond acceptors (Lipinski definition) is 5. The fraction of sp³-hybridized carbons (Fsp3) is 0.222. The zero-order valence-electron chi connectivity index (χ0n) is 14.5. The molecule has 0 bridgehead atoms. The van der Waals surface area contributed by atoms with Crippen LogP contribution in [0.1, 0.15) is 18.0 Å². The molecule has 9 heteroatoms. The van der Waals surface area contributed by atoms with Crippen molar-refractivity contribution in [3.63, 3.8) is 0 Å². The summed E-state index contributed by atoms with van der Waals surface area (Å²) in [6, 6.07) is 11.3. The first kappa shape index (κ1) is 18.7. The molecule has 1 atom stereocenters. The molecule has 1 aromatic carbocycles. The Labute approximate surface area is 159 Å². The van der Waals surface area contributed by atoms with E-state index in [4.69, 9.17) is 16.3 Å². The van der Waals surface area contributed by atoms with E-state index in [2.05, 4.69) is 10.4 Å². The van der Waals surface area contributed by atoms with Gasteiger partial charge in [-0.15, -0.1) is 5.10 Å². The first-order chi connectivity index (χ1) is 13.0. The summed E-state index contributed by atoms with van der Waals surface area (Å²) < 4.78 is 7.10. The zero-order chi connectivity index (χ0) is 19.4. The third-order valence-corrected chi connectivity index (χ3v) is 4.34. The molecule has 0 spiro atoms. The third kappa shape index (κ3) is 4.17. The Morgan fingerprint density at radius 1 is 1.22 bits per heavy atom. The molecule has 1 unspecified atom stereocenters. The van der Waals surface area contributed by atoms with E-state index in [9.17, 15) is 14.4 Å². The van der Waals surface area contributed by atoms with E-state index in [0.29, 0.717) is 16.2 Å². The number of benzene rings is 1. The second-order valence-electron chi connectivity index (χ2n) is 5.79. The minimum atomic E-state index is -0.689. The summed E-state index contributed by atoms with van der Waals surface area (Å²) in [5, 5.41) is 7.26. The van der Waals surface area contributed by atoms with Crippen LogP contribution in [-0.2, 0) is 20.9 Å². The van der Waals surface area contributed by atoms with Gasteiger partial charge in [-0.2, -0.15) is 0 Å². The largest absolute Gasteiger partial charge is 0.469 e. The second kappa shape index (κ2) is 8.05. The van der Waals surface area contributed by atoms with E-state index in [1.807, 2.05) is 0 Å². The highest BCUT2D eigenvalue weighted by molar-refractivity contribution is 6.31. The number of hydrogen-bond donors (Lipinski definition) is 1. The number of ether oxygens (including phenoxy) is 1. The van der Waals surface area contributed by atoms with Crippen LogP contribution in [0.25, 0.3) is 5.65 Å². The van der Waals surface area contributed by atoms with Gasteiger partial charge in [0.1, 0.15) is 6.54 Å². The third-order valence-electron chi connectivity index (χ3n) is 4.00. The van der Waals surface area contributed by atoms with Crippen LogP contribution in [0.4, 0.5) is 0 Å². The molecule has 0 aliphatic heterocycles. The van der Waals surface area contributed by atoms with E-state index < -0.39 is 23.6 Å². The molecule has 0 aliphatic rings. The molecule has 0 radical (unpaired) electrons. The van der Waals surface area contributed by atoms with E-state index in [1.54, 1.807) is 48.7 Å². The van der Waals surface area contributed by atoms with Crippen LogP contribution in [0.2, 0.25) is 5.02 Å². The monoisotopic (exact) mass is 388 g/mol. The molecule has 0 aliphatic carbocycles. The Bertz CT molecular complexity index is 1040. The molecule has 1 N–H and O–H groups in total. The van der Waals surface area contributed by atoms with Gasteiger partial charge < -0.3 is 10.1 Å². The van der Waals surface area contributed by atoms with Gasteiger partial charge in [0.05, 0.1) is 19.6 Å². The molecule has 140 valence electrons. The number of amides is 1. The minimum absolute atomic E-state index is 0.0912. The van der Waals surface area contributed by atoms with Crippen molar-refractivity contribution >= 4 is 29.1 Å². The van der Waals surface area contributed by atoms with Gasteiger partial charge in [0.15, 0.2) is 5.65 Å². The number of pyridine rings is 1. The number of nitrogens with zero attached hydrogens (tertiary/aromatic N) is 3. The fourth-order valence-corrected chi connectivity index (χ4v) is 2.96. The van der Waals surface area contributed by atoms with Gasteiger partial charge in [0, 0.05) is 11.2 Å².